The first kappa shape index (κ1) is 21.6. The van der Waals surface area contributed by atoms with Gasteiger partial charge >= 0.3 is 6.01 Å². The Balaban J connectivity index is 1.42. The van der Waals surface area contributed by atoms with Crippen LogP contribution in [0.5, 0.6) is 6.01 Å². The van der Waals surface area contributed by atoms with Crippen molar-refractivity contribution in [1.82, 2.24) is 19.9 Å². The normalized spacial score (nSPS) is 18.1. The molecule has 4 rings (SSSR count). The molecule has 0 N–H and O–H groups in total. The zero-order valence-electron chi connectivity index (χ0n) is 18.1. The average molecular weight is 431 g/mol. The summed E-state index contributed by atoms with van der Waals surface area (Å²) >= 11 is 0. The van der Waals surface area contributed by atoms with E-state index >= 15 is 0 Å². The first-order chi connectivity index (χ1) is 15.2. The number of furan rings is 1. The highest BCUT2D eigenvalue weighted by Crippen LogP contribution is 2.21. The molecule has 2 aromatic heterocycles. The number of nitrogens with zero attached hydrogens (tertiary/aromatic N) is 7. The number of hydrogen-bond donors (Lipinski definition) is 0. The molecule has 0 radical (unpaired) electrons. The Kier molecular flexibility index (Phi) is 7.39. The molecule has 2 aromatic rings. The quantitative estimate of drug-likeness (QED) is 0.579. The van der Waals surface area contributed by atoms with Gasteiger partial charge in [-0.25, -0.2) is 0 Å². The number of aryl methyl sites for hydroxylation is 2. The maximum Gasteiger partial charge on any atom is 0.321 e. The van der Waals surface area contributed by atoms with Crippen LogP contribution in [0.15, 0.2) is 20.7 Å². The van der Waals surface area contributed by atoms with Crippen molar-refractivity contribution in [1.29, 1.82) is 0 Å². The standard InChI is InChI=1S/C20H29N7O4/c1-15-13-18(31-16(15)2)25-21-14-17-22-19(27-6-10-29-11-7-27)24-20(23-17)30-12-5-26-3-8-28-9-4-26/h13H,3-12,14H2,1-2H3. The molecular weight excluding hydrogens is 402 g/mol. The van der Waals surface area contributed by atoms with Gasteiger partial charge in [0.1, 0.15) is 18.9 Å². The Morgan fingerprint density at radius 1 is 1.00 bits per heavy atom. The molecule has 2 fully saturated rings. The fourth-order valence-corrected chi connectivity index (χ4v) is 3.29. The molecule has 11 heteroatoms. The van der Waals surface area contributed by atoms with Gasteiger partial charge in [-0.05, 0) is 19.4 Å². The van der Waals surface area contributed by atoms with Crippen LogP contribution in [0.3, 0.4) is 0 Å². The fraction of sp³-hybridized carbons (Fsp3) is 0.650. The Morgan fingerprint density at radius 3 is 2.45 bits per heavy atom. The van der Waals surface area contributed by atoms with E-state index in [1.165, 1.54) is 0 Å². The van der Waals surface area contributed by atoms with Gasteiger partial charge < -0.3 is 23.5 Å². The van der Waals surface area contributed by atoms with E-state index in [2.05, 4.69) is 35.0 Å². The molecule has 0 spiro atoms. The molecule has 168 valence electrons. The molecule has 0 aliphatic carbocycles. The minimum absolute atomic E-state index is 0.207. The first-order valence-electron chi connectivity index (χ1n) is 10.6. The summed E-state index contributed by atoms with van der Waals surface area (Å²) in [6.07, 6.45) is 0. The number of anilines is 1. The summed E-state index contributed by atoms with van der Waals surface area (Å²) < 4.78 is 22.2. The average Bonchev–Trinajstić information content (AvgIpc) is 3.12. The Hall–Kier alpha value is -2.63. The van der Waals surface area contributed by atoms with Crippen molar-refractivity contribution in [3.05, 3.63) is 23.2 Å². The van der Waals surface area contributed by atoms with Crippen LogP contribution in [0.2, 0.25) is 0 Å². The van der Waals surface area contributed by atoms with Crippen LogP contribution < -0.4 is 9.64 Å². The maximum absolute atomic E-state index is 5.87. The van der Waals surface area contributed by atoms with Crippen LogP contribution >= 0.6 is 0 Å². The molecule has 4 heterocycles. The lowest BCUT2D eigenvalue weighted by Gasteiger charge is -2.27. The lowest BCUT2D eigenvalue weighted by Crippen LogP contribution is -2.39. The lowest BCUT2D eigenvalue weighted by atomic mass is 10.3. The van der Waals surface area contributed by atoms with E-state index in [1.807, 2.05) is 19.9 Å². The molecule has 2 saturated heterocycles. The number of morpholine rings is 2. The van der Waals surface area contributed by atoms with Crippen molar-refractivity contribution in [2.24, 2.45) is 10.2 Å². The zero-order chi connectivity index (χ0) is 21.5. The molecule has 0 unspecified atom stereocenters. The van der Waals surface area contributed by atoms with E-state index in [1.54, 1.807) is 0 Å². The second-order valence-corrected chi connectivity index (χ2v) is 7.46. The van der Waals surface area contributed by atoms with Gasteiger partial charge in [0.05, 0.1) is 26.4 Å². The summed E-state index contributed by atoms with van der Waals surface area (Å²) in [4.78, 5) is 17.9. The summed E-state index contributed by atoms with van der Waals surface area (Å²) in [6, 6.07) is 2.16. The molecule has 2 aliphatic rings. The second kappa shape index (κ2) is 10.6. The molecule has 0 amide bonds. The molecule has 0 bridgehead atoms. The van der Waals surface area contributed by atoms with Gasteiger partial charge in [0.25, 0.3) is 0 Å². The highest BCUT2D eigenvalue weighted by molar-refractivity contribution is 5.32. The molecule has 11 nitrogen and oxygen atoms in total. The van der Waals surface area contributed by atoms with E-state index in [0.717, 1.165) is 57.3 Å². The summed E-state index contributed by atoms with van der Waals surface area (Å²) in [6.45, 7) is 11.5. The van der Waals surface area contributed by atoms with E-state index in [-0.39, 0.29) is 6.54 Å². The summed E-state index contributed by atoms with van der Waals surface area (Å²) in [5.41, 5.74) is 1.04. The monoisotopic (exact) mass is 431 g/mol. The van der Waals surface area contributed by atoms with Crippen LogP contribution in [-0.4, -0.2) is 85.6 Å². The number of azo groups is 1. The Bertz CT molecular complexity index is 857. The molecule has 0 atom stereocenters. The summed E-state index contributed by atoms with van der Waals surface area (Å²) in [5, 5.41) is 8.35. The van der Waals surface area contributed by atoms with E-state index in [9.17, 15) is 0 Å². The van der Waals surface area contributed by atoms with Gasteiger partial charge in [-0.2, -0.15) is 20.1 Å². The molecule has 0 aromatic carbocycles. The van der Waals surface area contributed by atoms with Crippen molar-refractivity contribution < 1.29 is 18.6 Å². The van der Waals surface area contributed by atoms with Crippen molar-refractivity contribution in [3.8, 4) is 6.01 Å². The summed E-state index contributed by atoms with van der Waals surface area (Å²) in [5.74, 6) is 2.38. The first-order valence-corrected chi connectivity index (χ1v) is 10.6. The lowest BCUT2D eigenvalue weighted by molar-refractivity contribution is 0.0317. The van der Waals surface area contributed by atoms with Crippen LogP contribution in [0.1, 0.15) is 17.1 Å². The minimum atomic E-state index is 0.207. The Labute approximate surface area is 181 Å². The number of hydrogen-bond acceptors (Lipinski definition) is 11. The van der Waals surface area contributed by atoms with Crippen molar-refractivity contribution in [3.63, 3.8) is 0 Å². The largest absolute Gasteiger partial charge is 0.462 e. The maximum atomic E-state index is 5.87. The van der Waals surface area contributed by atoms with E-state index in [0.29, 0.717) is 43.5 Å². The van der Waals surface area contributed by atoms with Crippen LogP contribution in [0.25, 0.3) is 0 Å². The third-order valence-electron chi connectivity index (χ3n) is 5.22. The number of ether oxygens (including phenoxy) is 3. The molecule has 2 aliphatic heterocycles. The van der Waals surface area contributed by atoms with Gasteiger partial charge in [-0.15, -0.1) is 5.11 Å². The van der Waals surface area contributed by atoms with Gasteiger partial charge in [0.2, 0.25) is 11.8 Å². The van der Waals surface area contributed by atoms with Gasteiger partial charge in [0.15, 0.2) is 5.82 Å². The van der Waals surface area contributed by atoms with Crippen molar-refractivity contribution >= 4 is 11.8 Å². The second-order valence-electron chi connectivity index (χ2n) is 7.46. The Morgan fingerprint density at radius 2 is 1.74 bits per heavy atom. The minimum Gasteiger partial charge on any atom is -0.462 e. The van der Waals surface area contributed by atoms with Gasteiger partial charge in [-0.1, -0.05) is 0 Å². The highest BCUT2D eigenvalue weighted by Gasteiger charge is 2.18. The molecular formula is C20H29N7O4. The van der Waals surface area contributed by atoms with Crippen LogP contribution in [0.4, 0.5) is 11.8 Å². The van der Waals surface area contributed by atoms with E-state index < -0.39 is 0 Å². The fourth-order valence-electron chi connectivity index (χ4n) is 3.29. The van der Waals surface area contributed by atoms with E-state index in [4.69, 9.17) is 18.6 Å². The number of aromatic nitrogens is 3. The van der Waals surface area contributed by atoms with Gasteiger partial charge in [0, 0.05) is 38.8 Å². The SMILES string of the molecule is Cc1cc(N=NCc2nc(OCCN3CCOCC3)nc(N3CCOCC3)n2)oc1C. The van der Waals surface area contributed by atoms with Crippen molar-refractivity contribution in [2.45, 2.75) is 20.4 Å². The predicted molar refractivity (Wildman–Crippen MR) is 112 cm³/mol. The predicted octanol–water partition coefficient (Wildman–Crippen LogP) is 1.91. The smallest absolute Gasteiger partial charge is 0.321 e. The molecule has 0 saturated carbocycles. The van der Waals surface area contributed by atoms with Gasteiger partial charge in [-0.3, -0.25) is 4.90 Å². The van der Waals surface area contributed by atoms with Crippen molar-refractivity contribution in [2.75, 3.05) is 70.7 Å². The highest BCUT2D eigenvalue weighted by atomic mass is 16.5. The van der Waals surface area contributed by atoms with Crippen LogP contribution in [0, 0.1) is 13.8 Å². The third-order valence-corrected chi connectivity index (χ3v) is 5.22. The van der Waals surface area contributed by atoms with Crippen LogP contribution in [-0.2, 0) is 16.0 Å². The molecule has 31 heavy (non-hydrogen) atoms. The topological polar surface area (TPSA) is 111 Å². The third kappa shape index (κ3) is 6.18. The number of rotatable bonds is 8. The zero-order valence-corrected chi connectivity index (χ0v) is 18.1. The summed E-state index contributed by atoms with van der Waals surface area (Å²) in [7, 11) is 0.